The molecule has 1 N–H and O–H groups in total. The zero-order valence-corrected chi connectivity index (χ0v) is 8.14. The molecule has 0 aromatic heterocycles. The highest BCUT2D eigenvalue weighted by Crippen LogP contribution is 2.24. The molecule has 0 aliphatic rings. The summed E-state index contributed by atoms with van der Waals surface area (Å²) in [6.45, 7) is 3.36. The zero-order valence-electron chi connectivity index (χ0n) is 6.55. The van der Waals surface area contributed by atoms with Gasteiger partial charge >= 0.3 is 5.97 Å². The average Bonchev–Trinajstić information content (AvgIpc) is 2.03. The Kier molecular flexibility index (Phi) is 2.83. The number of benzene rings is 1. The summed E-state index contributed by atoms with van der Waals surface area (Å²) in [5.41, 5.74) is 0.320. The minimum atomic E-state index is -1.12. The van der Waals surface area contributed by atoms with Crippen LogP contribution in [0.15, 0.2) is 29.3 Å². The van der Waals surface area contributed by atoms with Gasteiger partial charge in [0.2, 0.25) is 0 Å². The highest BCUT2D eigenvalue weighted by Gasteiger charge is 2.10. The van der Waals surface area contributed by atoms with E-state index in [1.165, 1.54) is 18.2 Å². The molecule has 0 unspecified atom stereocenters. The Labute approximate surface area is 82.8 Å². The molecule has 13 heavy (non-hydrogen) atoms. The van der Waals surface area contributed by atoms with Gasteiger partial charge in [-0.1, -0.05) is 28.6 Å². The lowest BCUT2D eigenvalue weighted by atomic mass is 10.1. The Morgan fingerprint density at radius 3 is 2.62 bits per heavy atom. The predicted octanol–water partition coefficient (Wildman–Crippen LogP) is 2.69. The van der Waals surface area contributed by atoms with Crippen molar-refractivity contribution in [2.75, 3.05) is 0 Å². The summed E-state index contributed by atoms with van der Waals surface area (Å²) in [6, 6.07) is 3.76. The van der Waals surface area contributed by atoms with Crippen molar-refractivity contribution in [1.29, 1.82) is 0 Å². The summed E-state index contributed by atoms with van der Waals surface area (Å²) in [6.07, 6.45) is 0. The fourth-order valence-corrected chi connectivity index (χ4v) is 1.44. The van der Waals surface area contributed by atoms with Crippen molar-refractivity contribution >= 4 is 27.5 Å². The van der Waals surface area contributed by atoms with E-state index in [9.17, 15) is 9.18 Å². The Morgan fingerprint density at radius 1 is 1.54 bits per heavy atom. The van der Waals surface area contributed by atoms with Gasteiger partial charge in [0.15, 0.2) is 0 Å². The van der Waals surface area contributed by atoms with Crippen molar-refractivity contribution < 1.29 is 14.3 Å². The first-order valence-corrected chi connectivity index (χ1v) is 4.19. The minimum absolute atomic E-state index is 0.0631. The Hall–Kier alpha value is -1.16. The second-order valence-corrected chi connectivity index (χ2v) is 3.26. The van der Waals surface area contributed by atoms with Crippen molar-refractivity contribution in [1.82, 2.24) is 0 Å². The second kappa shape index (κ2) is 3.70. The lowest BCUT2D eigenvalue weighted by molar-refractivity contribution is -0.130. The molecule has 68 valence electrons. The number of hydrogen-bond acceptors (Lipinski definition) is 1. The second-order valence-electron chi connectivity index (χ2n) is 2.41. The maximum atomic E-state index is 12.6. The standard InChI is InChI=1S/C9H6BrFO2/c1-5(9(12)13)7-3-2-6(11)4-8(7)10/h2-4H,1H2,(H,12,13). The van der Waals surface area contributed by atoms with Crippen LogP contribution in [0.1, 0.15) is 5.56 Å². The molecule has 0 fully saturated rings. The predicted molar refractivity (Wildman–Crippen MR) is 50.8 cm³/mol. The van der Waals surface area contributed by atoms with Crippen LogP contribution in [-0.4, -0.2) is 11.1 Å². The number of halogens is 2. The van der Waals surface area contributed by atoms with Crippen molar-refractivity contribution in [3.8, 4) is 0 Å². The van der Waals surface area contributed by atoms with Crippen LogP contribution in [0.4, 0.5) is 4.39 Å². The molecular weight excluding hydrogens is 239 g/mol. The monoisotopic (exact) mass is 244 g/mol. The molecule has 2 nitrogen and oxygen atoms in total. The van der Waals surface area contributed by atoms with Crippen LogP contribution in [0.2, 0.25) is 0 Å². The maximum Gasteiger partial charge on any atom is 0.335 e. The molecule has 1 aromatic carbocycles. The quantitative estimate of drug-likeness (QED) is 0.813. The molecule has 0 radical (unpaired) electrons. The molecule has 0 aliphatic carbocycles. The Bertz CT molecular complexity index is 374. The molecule has 0 heterocycles. The van der Waals surface area contributed by atoms with Crippen molar-refractivity contribution in [3.63, 3.8) is 0 Å². The van der Waals surface area contributed by atoms with E-state index in [-0.39, 0.29) is 5.57 Å². The van der Waals surface area contributed by atoms with Crippen LogP contribution in [0.5, 0.6) is 0 Å². The van der Waals surface area contributed by atoms with Gasteiger partial charge in [-0.25, -0.2) is 9.18 Å². The highest BCUT2D eigenvalue weighted by atomic mass is 79.9. The van der Waals surface area contributed by atoms with Gasteiger partial charge in [-0.15, -0.1) is 0 Å². The van der Waals surface area contributed by atoms with E-state index in [0.29, 0.717) is 10.0 Å². The van der Waals surface area contributed by atoms with Crippen LogP contribution in [0.3, 0.4) is 0 Å². The molecular formula is C9H6BrFO2. The Morgan fingerprint density at radius 2 is 2.15 bits per heavy atom. The van der Waals surface area contributed by atoms with E-state index < -0.39 is 11.8 Å². The van der Waals surface area contributed by atoms with Crippen molar-refractivity contribution in [3.05, 3.63) is 40.6 Å². The summed E-state index contributed by atoms with van der Waals surface area (Å²) >= 11 is 3.05. The summed E-state index contributed by atoms with van der Waals surface area (Å²) in [5.74, 6) is -1.54. The SMILES string of the molecule is C=C(C(=O)O)c1ccc(F)cc1Br. The zero-order chi connectivity index (χ0) is 10.0. The van der Waals surface area contributed by atoms with Gasteiger partial charge < -0.3 is 5.11 Å². The molecule has 0 spiro atoms. The van der Waals surface area contributed by atoms with Gasteiger partial charge in [-0.2, -0.15) is 0 Å². The number of carbonyl (C=O) groups is 1. The van der Waals surface area contributed by atoms with Gasteiger partial charge in [0.05, 0.1) is 5.57 Å². The first-order valence-electron chi connectivity index (χ1n) is 3.40. The molecule has 4 heteroatoms. The third kappa shape index (κ3) is 2.15. The van der Waals surface area contributed by atoms with Crippen LogP contribution in [0.25, 0.3) is 5.57 Å². The van der Waals surface area contributed by atoms with E-state index >= 15 is 0 Å². The van der Waals surface area contributed by atoms with Gasteiger partial charge in [-0.05, 0) is 12.1 Å². The van der Waals surface area contributed by atoms with Crippen molar-refractivity contribution in [2.45, 2.75) is 0 Å². The first-order chi connectivity index (χ1) is 6.02. The van der Waals surface area contributed by atoms with E-state index in [0.717, 1.165) is 0 Å². The van der Waals surface area contributed by atoms with Crippen LogP contribution in [0, 0.1) is 5.82 Å². The topological polar surface area (TPSA) is 37.3 Å². The summed E-state index contributed by atoms with van der Waals surface area (Å²) in [4.78, 5) is 10.5. The smallest absolute Gasteiger partial charge is 0.335 e. The van der Waals surface area contributed by atoms with E-state index in [2.05, 4.69) is 22.5 Å². The van der Waals surface area contributed by atoms with Gasteiger partial charge in [0, 0.05) is 10.0 Å². The minimum Gasteiger partial charge on any atom is -0.478 e. The highest BCUT2D eigenvalue weighted by molar-refractivity contribution is 9.10. The third-order valence-corrected chi connectivity index (χ3v) is 2.17. The van der Waals surface area contributed by atoms with E-state index in [4.69, 9.17) is 5.11 Å². The van der Waals surface area contributed by atoms with Crippen LogP contribution in [-0.2, 0) is 4.79 Å². The van der Waals surface area contributed by atoms with Crippen molar-refractivity contribution in [2.24, 2.45) is 0 Å². The number of carboxylic acids is 1. The lowest BCUT2D eigenvalue weighted by Crippen LogP contribution is -1.98. The molecule has 1 aromatic rings. The first kappa shape index (κ1) is 9.92. The molecule has 0 saturated carbocycles. The average molecular weight is 245 g/mol. The number of rotatable bonds is 2. The van der Waals surface area contributed by atoms with E-state index in [1.807, 2.05) is 0 Å². The Balaban J connectivity index is 3.16. The molecule has 0 aliphatic heterocycles. The van der Waals surface area contributed by atoms with Gasteiger partial charge in [0.25, 0.3) is 0 Å². The van der Waals surface area contributed by atoms with Crippen LogP contribution >= 0.6 is 15.9 Å². The lowest BCUT2D eigenvalue weighted by Gasteiger charge is -2.02. The molecule has 0 atom stereocenters. The maximum absolute atomic E-state index is 12.6. The molecule has 0 saturated heterocycles. The fourth-order valence-electron chi connectivity index (χ4n) is 0.849. The molecule has 0 amide bonds. The summed E-state index contributed by atoms with van der Waals surface area (Å²) in [7, 11) is 0. The summed E-state index contributed by atoms with van der Waals surface area (Å²) < 4.78 is 13.0. The van der Waals surface area contributed by atoms with Crippen LogP contribution < -0.4 is 0 Å². The van der Waals surface area contributed by atoms with E-state index in [1.54, 1.807) is 0 Å². The number of hydrogen-bond donors (Lipinski definition) is 1. The molecule has 1 rings (SSSR count). The number of aliphatic carboxylic acids is 1. The molecule has 0 bridgehead atoms. The van der Waals surface area contributed by atoms with Gasteiger partial charge in [-0.3, -0.25) is 0 Å². The third-order valence-electron chi connectivity index (χ3n) is 1.51. The normalized spacial score (nSPS) is 9.69. The van der Waals surface area contributed by atoms with Gasteiger partial charge in [0.1, 0.15) is 5.82 Å². The number of carboxylic acid groups (broad SMARTS) is 1. The largest absolute Gasteiger partial charge is 0.478 e. The fraction of sp³-hybridized carbons (Fsp3) is 0. The summed E-state index contributed by atoms with van der Waals surface area (Å²) in [5, 5.41) is 8.62.